The third kappa shape index (κ3) is 1.96. The molecule has 21 heavy (non-hydrogen) atoms. The third-order valence-electron chi connectivity index (χ3n) is 4.52. The van der Waals surface area contributed by atoms with Gasteiger partial charge in [0.2, 0.25) is 0 Å². The highest BCUT2D eigenvalue weighted by atomic mass is 16.7. The molecule has 1 unspecified atom stereocenters. The number of carbonyl (C=O) groups excluding carboxylic acids is 1. The van der Waals surface area contributed by atoms with Crippen LogP contribution in [0.3, 0.4) is 0 Å². The number of nitrogens with one attached hydrogen (secondary N) is 2. The number of hydroxylamine groups is 1. The van der Waals surface area contributed by atoms with Gasteiger partial charge in [-0.05, 0) is 37.0 Å². The summed E-state index contributed by atoms with van der Waals surface area (Å²) in [7, 11) is 0. The molecule has 2 heterocycles. The molecule has 1 fully saturated rings. The van der Waals surface area contributed by atoms with E-state index in [-0.39, 0.29) is 17.9 Å². The number of fused-ring (bicyclic) bond motifs is 2. The van der Waals surface area contributed by atoms with Gasteiger partial charge in [0.05, 0.1) is 6.61 Å². The Kier molecular flexibility index (Phi) is 2.97. The van der Waals surface area contributed by atoms with Crippen LogP contribution in [-0.4, -0.2) is 29.7 Å². The predicted molar refractivity (Wildman–Crippen MR) is 77.8 cm³/mol. The lowest BCUT2D eigenvalue weighted by Gasteiger charge is -2.38. The molecule has 0 amide bonds. The normalized spacial score (nSPS) is 27.4. The molecule has 1 aromatic heterocycles. The highest BCUT2D eigenvalue weighted by Crippen LogP contribution is 2.41. The lowest BCUT2D eigenvalue weighted by atomic mass is 9.77. The molecule has 1 aromatic carbocycles. The summed E-state index contributed by atoms with van der Waals surface area (Å²) >= 11 is 0. The Morgan fingerprint density at radius 1 is 1.48 bits per heavy atom. The van der Waals surface area contributed by atoms with E-state index in [4.69, 9.17) is 9.57 Å². The van der Waals surface area contributed by atoms with Gasteiger partial charge in [0.25, 0.3) is 0 Å². The number of hydrogen-bond acceptors (Lipinski definition) is 4. The molecule has 0 spiro atoms. The molecule has 2 aliphatic rings. The van der Waals surface area contributed by atoms with Gasteiger partial charge < -0.3 is 9.72 Å². The van der Waals surface area contributed by atoms with Crippen LogP contribution in [0.4, 0.5) is 0 Å². The fraction of sp³-hybridized carbons (Fsp3) is 0.438. The van der Waals surface area contributed by atoms with E-state index >= 15 is 0 Å². The van der Waals surface area contributed by atoms with Crippen LogP contribution in [0.1, 0.15) is 30.4 Å². The van der Waals surface area contributed by atoms with Crippen molar-refractivity contribution in [1.82, 2.24) is 10.5 Å². The maximum atomic E-state index is 11.9. The number of esters is 1. The minimum atomic E-state index is -0.526. The first-order chi connectivity index (χ1) is 10.3. The second kappa shape index (κ2) is 4.86. The summed E-state index contributed by atoms with van der Waals surface area (Å²) in [4.78, 5) is 20.8. The first kappa shape index (κ1) is 12.9. The molecule has 5 heteroatoms. The van der Waals surface area contributed by atoms with Crippen LogP contribution in [-0.2, 0) is 20.8 Å². The van der Waals surface area contributed by atoms with E-state index in [0.717, 1.165) is 6.42 Å². The molecular weight excluding hydrogens is 268 g/mol. The van der Waals surface area contributed by atoms with Gasteiger partial charge in [0.15, 0.2) is 6.10 Å². The van der Waals surface area contributed by atoms with Gasteiger partial charge in [0.1, 0.15) is 0 Å². The quantitative estimate of drug-likeness (QED) is 0.829. The highest BCUT2D eigenvalue weighted by molar-refractivity contribution is 5.88. The second-order valence-corrected chi connectivity index (χ2v) is 5.71. The van der Waals surface area contributed by atoms with Crippen molar-refractivity contribution in [3.8, 4) is 0 Å². The minimum Gasteiger partial charge on any atom is -0.464 e. The van der Waals surface area contributed by atoms with Crippen LogP contribution < -0.4 is 5.48 Å². The number of H-pyrrole nitrogens is 1. The van der Waals surface area contributed by atoms with Gasteiger partial charge in [-0.2, -0.15) is 5.48 Å². The fourth-order valence-corrected chi connectivity index (χ4v) is 3.59. The summed E-state index contributed by atoms with van der Waals surface area (Å²) in [6.45, 7) is 2.19. The Hall–Kier alpha value is -1.85. The molecular formula is C16H18N2O3. The summed E-state index contributed by atoms with van der Waals surface area (Å²) in [6.07, 6.45) is 3.13. The van der Waals surface area contributed by atoms with Crippen molar-refractivity contribution in [3.63, 3.8) is 0 Å². The highest BCUT2D eigenvalue weighted by Gasteiger charge is 2.40. The van der Waals surface area contributed by atoms with Gasteiger partial charge in [-0.1, -0.05) is 12.1 Å². The number of aromatic amines is 1. The summed E-state index contributed by atoms with van der Waals surface area (Å²) in [5.41, 5.74) is 6.85. The molecule has 1 saturated heterocycles. The molecule has 0 radical (unpaired) electrons. The van der Waals surface area contributed by atoms with E-state index in [9.17, 15) is 4.79 Å². The van der Waals surface area contributed by atoms with Gasteiger partial charge in [-0.25, -0.2) is 4.79 Å². The summed E-state index contributed by atoms with van der Waals surface area (Å²) in [6, 6.07) is 6.53. The van der Waals surface area contributed by atoms with E-state index in [0.29, 0.717) is 13.0 Å². The van der Waals surface area contributed by atoms with Gasteiger partial charge in [-0.15, -0.1) is 0 Å². The molecule has 3 atom stereocenters. The van der Waals surface area contributed by atoms with Gasteiger partial charge in [-0.3, -0.25) is 4.84 Å². The van der Waals surface area contributed by atoms with Gasteiger partial charge >= 0.3 is 5.97 Å². The summed E-state index contributed by atoms with van der Waals surface area (Å²) < 4.78 is 5.08. The third-order valence-corrected chi connectivity index (χ3v) is 4.52. The van der Waals surface area contributed by atoms with Crippen molar-refractivity contribution in [2.75, 3.05) is 6.61 Å². The van der Waals surface area contributed by atoms with Crippen molar-refractivity contribution >= 4 is 16.9 Å². The Morgan fingerprint density at radius 3 is 3.24 bits per heavy atom. The van der Waals surface area contributed by atoms with Crippen molar-refractivity contribution in [2.24, 2.45) is 0 Å². The molecule has 0 saturated carbocycles. The smallest absolute Gasteiger partial charge is 0.337 e. The van der Waals surface area contributed by atoms with Crippen molar-refractivity contribution in [2.45, 2.75) is 37.8 Å². The van der Waals surface area contributed by atoms with E-state index in [1.807, 2.05) is 6.92 Å². The van der Waals surface area contributed by atoms with Crippen LogP contribution >= 0.6 is 0 Å². The Bertz CT molecular complexity index is 694. The Morgan fingerprint density at radius 2 is 2.38 bits per heavy atom. The number of ether oxygens (including phenoxy) is 1. The largest absolute Gasteiger partial charge is 0.464 e. The maximum absolute atomic E-state index is 11.9. The molecule has 2 aromatic rings. The Labute approximate surface area is 122 Å². The second-order valence-electron chi connectivity index (χ2n) is 5.71. The number of carbonyl (C=O) groups is 1. The molecule has 0 bridgehead atoms. The maximum Gasteiger partial charge on any atom is 0.337 e. The van der Waals surface area contributed by atoms with Crippen molar-refractivity contribution < 1.29 is 14.4 Å². The molecule has 1 aliphatic heterocycles. The SMILES string of the molecule is CCOC(=O)C1C[C@@H]2c3cccc4[nH]cc(c34)C[C@H]2NO1. The minimum absolute atomic E-state index is 0.213. The van der Waals surface area contributed by atoms with Crippen molar-refractivity contribution in [3.05, 3.63) is 35.5 Å². The van der Waals surface area contributed by atoms with E-state index in [1.54, 1.807) is 0 Å². The zero-order valence-electron chi connectivity index (χ0n) is 11.9. The van der Waals surface area contributed by atoms with E-state index in [1.165, 1.54) is 22.0 Å². The van der Waals surface area contributed by atoms with Crippen LogP contribution in [0.5, 0.6) is 0 Å². The average Bonchev–Trinajstić information content (AvgIpc) is 2.92. The first-order valence-corrected chi connectivity index (χ1v) is 7.44. The first-order valence-electron chi connectivity index (χ1n) is 7.44. The van der Waals surface area contributed by atoms with Crippen LogP contribution in [0.2, 0.25) is 0 Å². The zero-order valence-corrected chi connectivity index (χ0v) is 11.9. The topological polar surface area (TPSA) is 63.4 Å². The van der Waals surface area contributed by atoms with Crippen molar-refractivity contribution in [1.29, 1.82) is 0 Å². The molecule has 4 rings (SSSR count). The summed E-state index contributed by atoms with van der Waals surface area (Å²) in [5.74, 6) is -0.00403. The molecule has 2 N–H and O–H groups in total. The lowest BCUT2D eigenvalue weighted by molar-refractivity contribution is -0.171. The molecule has 110 valence electrons. The monoisotopic (exact) mass is 286 g/mol. The van der Waals surface area contributed by atoms with Crippen LogP contribution in [0.25, 0.3) is 10.9 Å². The molecule has 1 aliphatic carbocycles. The van der Waals surface area contributed by atoms with Crippen LogP contribution in [0, 0.1) is 0 Å². The number of hydrogen-bond donors (Lipinski definition) is 2. The average molecular weight is 286 g/mol. The Balaban J connectivity index is 1.70. The lowest BCUT2D eigenvalue weighted by Crippen LogP contribution is -2.49. The summed E-state index contributed by atoms with van der Waals surface area (Å²) in [5, 5.41) is 1.31. The van der Waals surface area contributed by atoms with E-state index < -0.39 is 6.10 Å². The van der Waals surface area contributed by atoms with Crippen LogP contribution in [0.15, 0.2) is 24.4 Å². The van der Waals surface area contributed by atoms with Gasteiger partial charge in [0, 0.05) is 29.1 Å². The zero-order chi connectivity index (χ0) is 14.4. The number of benzene rings is 1. The predicted octanol–water partition coefficient (Wildman–Crippen LogP) is 2.03. The number of rotatable bonds is 2. The molecule has 5 nitrogen and oxygen atoms in total. The number of aromatic nitrogens is 1. The van der Waals surface area contributed by atoms with E-state index in [2.05, 4.69) is 34.9 Å². The standard InChI is InChI=1S/C16H18N2O3/c1-2-20-16(19)14-7-11-10-4-3-5-12-15(10)9(8-17-12)6-13(11)18-21-14/h3-5,8,11,13-14,17-18H,2,6-7H2,1H3/t11-,13-,14?/m1/s1. The fourth-order valence-electron chi connectivity index (χ4n) is 3.59.